The van der Waals surface area contributed by atoms with E-state index >= 15 is 0 Å². The fourth-order valence-electron chi connectivity index (χ4n) is 8.55. The highest BCUT2D eigenvalue weighted by Crippen LogP contribution is 2.42. The molecule has 2 aromatic carbocycles. The lowest BCUT2D eigenvalue weighted by molar-refractivity contribution is -0.151. The summed E-state index contributed by atoms with van der Waals surface area (Å²) < 4.78 is 56.7. The molecule has 3 heterocycles. The average molecular weight is 1230 g/mol. The molecule has 0 spiro atoms. The number of ether oxygens (including phenoxy) is 11. The van der Waals surface area contributed by atoms with Crippen LogP contribution >= 0.6 is 0 Å². The summed E-state index contributed by atoms with van der Waals surface area (Å²) in [6, 6.07) is 19.1. The zero-order valence-electron chi connectivity index (χ0n) is 52.1. The van der Waals surface area contributed by atoms with Gasteiger partial charge in [0.1, 0.15) is 51.7 Å². The molecule has 21 nitrogen and oxygen atoms in total. The summed E-state index contributed by atoms with van der Waals surface area (Å²) in [5.74, 6) is -0.396. The summed E-state index contributed by atoms with van der Waals surface area (Å²) in [5, 5.41) is 14.3. The van der Waals surface area contributed by atoms with Gasteiger partial charge in [0, 0.05) is 28.9 Å². The smallest absolute Gasteiger partial charge is 0.333 e. The van der Waals surface area contributed by atoms with Crippen molar-refractivity contribution in [3.8, 4) is 5.75 Å². The molecule has 9 atom stereocenters. The average Bonchev–Trinajstić information content (AvgIpc) is 3.33. The van der Waals surface area contributed by atoms with Crippen LogP contribution in [0.25, 0.3) is 0 Å². The number of unbranched alkanes of at least 4 members (excludes halogenated alkanes) is 1. The van der Waals surface area contributed by atoms with Crippen molar-refractivity contribution in [3.05, 3.63) is 140 Å². The number of esters is 5. The lowest BCUT2D eigenvalue weighted by Gasteiger charge is -2.21. The minimum absolute atomic E-state index is 0.00258. The molecule has 0 aromatic heterocycles. The van der Waals surface area contributed by atoms with Crippen molar-refractivity contribution in [2.45, 2.75) is 155 Å². The first kappa shape index (κ1) is 75.0. The fourth-order valence-corrected chi connectivity index (χ4v) is 8.55. The maximum absolute atomic E-state index is 12.0. The molecule has 3 saturated heterocycles. The number of aliphatic hydroxyl groups is 1. The third kappa shape index (κ3) is 33.7. The van der Waals surface area contributed by atoms with E-state index in [4.69, 9.17) is 42.6 Å². The van der Waals surface area contributed by atoms with Gasteiger partial charge in [0.15, 0.2) is 0 Å². The standard InChI is InChI=1S/C14H20O4.C12H14O3.C11H13NO2.C11H16O5.C11H16O3.C8H15NO2/c15-14(9-2-4-11-13(6-9)18-11)16-7-8-1-3-10-12(5-8)17-10;1-10(2)12(13)15-9-8-14-11-6-4-3-5-7-11;1-2-11(13)12-9-14-8-10-6-4-3-5-7-10;1-7(2)10(13)15-5-9(12)6-16-11(14)8(3)4;1-7(2)11(12)13-6-8-3-4-9-10(5-8)14-9;1-3-5-6-11-7-9-8(10)4-2/h8-13H,1-7H2;3-7H,1,8-9H2,2H3;2-7H,1,8-9H2,(H,12,13);9,12H,1,3,5-6H2,2,4H3;8-10H,1,3-6H2,2H3;4H,2-3,5-7H2,1H3,(H,9,10). The molecule has 9 unspecified atom stereocenters. The van der Waals surface area contributed by atoms with Crippen LogP contribution in [0.5, 0.6) is 5.75 Å². The third-order valence-electron chi connectivity index (χ3n) is 13.8. The first-order valence-corrected chi connectivity index (χ1v) is 29.9. The first-order valence-electron chi connectivity index (χ1n) is 29.9. The van der Waals surface area contributed by atoms with Crippen LogP contribution < -0.4 is 15.4 Å². The molecule has 3 saturated carbocycles. The molecule has 3 aliphatic heterocycles. The van der Waals surface area contributed by atoms with Gasteiger partial charge in [0.25, 0.3) is 0 Å². The van der Waals surface area contributed by atoms with E-state index in [-0.39, 0.29) is 80.1 Å². The number of para-hydroxylation sites is 1. The number of rotatable bonds is 28. The minimum atomic E-state index is -1.05. The van der Waals surface area contributed by atoms with Gasteiger partial charge in [-0.05, 0) is 134 Å². The topological polar surface area (TPSA) is 275 Å². The Balaban J connectivity index is 0.000000278. The number of carbonyl (C=O) groups excluding carboxylic acids is 7. The SMILES string of the molecule is C=C(C)C(=O)OCC(O)COC(=O)C(=C)C.C=C(C)C(=O)OCC1CCC2OC2C1.C=C(C)C(=O)OCCOc1ccccc1.C=CC(=O)NCOCCCC.C=CC(=O)NCOCc1ccccc1.O=C(OCC1CCC2OC2C1)C1CCC2OC2C1. The van der Waals surface area contributed by atoms with Crippen molar-refractivity contribution in [2.24, 2.45) is 17.8 Å². The van der Waals surface area contributed by atoms with E-state index in [1.54, 1.807) is 13.8 Å². The summed E-state index contributed by atoms with van der Waals surface area (Å²) in [7, 11) is 0. The molecule has 6 aliphatic rings. The highest BCUT2D eigenvalue weighted by Gasteiger charge is 2.47. The van der Waals surface area contributed by atoms with Crippen molar-refractivity contribution < 1.29 is 90.8 Å². The molecule has 2 amide bonds. The largest absolute Gasteiger partial charge is 0.490 e. The van der Waals surface area contributed by atoms with Gasteiger partial charge in [0.2, 0.25) is 11.8 Å². The molecule has 88 heavy (non-hydrogen) atoms. The number of nitrogens with one attached hydrogen (secondary N) is 2. The number of hydrogen-bond donors (Lipinski definition) is 3. The van der Waals surface area contributed by atoms with E-state index in [0.29, 0.717) is 92.6 Å². The van der Waals surface area contributed by atoms with Crippen molar-refractivity contribution in [1.29, 1.82) is 0 Å². The Kier molecular flexibility index (Phi) is 36.3. The Morgan fingerprint density at radius 2 is 0.989 bits per heavy atom. The summed E-state index contributed by atoms with van der Waals surface area (Å²) >= 11 is 0. The highest BCUT2D eigenvalue weighted by atomic mass is 16.6. The Hall–Kier alpha value is -7.27. The van der Waals surface area contributed by atoms with E-state index in [1.807, 2.05) is 60.7 Å². The quantitative estimate of drug-likeness (QED) is 0.0179. The number of amides is 2. The number of carbonyl (C=O) groups is 7. The molecule has 486 valence electrons. The second-order valence-corrected chi connectivity index (χ2v) is 21.9. The Morgan fingerprint density at radius 3 is 1.45 bits per heavy atom. The molecule has 0 bridgehead atoms. The van der Waals surface area contributed by atoms with Crippen LogP contribution in [-0.4, -0.2) is 149 Å². The molecule has 21 heteroatoms. The maximum atomic E-state index is 12.0. The predicted octanol–water partition coefficient (Wildman–Crippen LogP) is 8.63. The number of aliphatic hydroxyl groups excluding tert-OH is 1. The van der Waals surface area contributed by atoms with Crippen LogP contribution in [0.3, 0.4) is 0 Å². The van der Waals surface area contributed by atoms with E-state index in [0.717, 1.165) is 81.9 Å². The molecule has 6 fully saturated rings. The monoisotopic (exact) mass is 1230 g/mol. The summed E-state index contributed by atoms with van der Waals surface area (Å²) in [6.07, 6.45) is 15.8. The lowest BCUT2D eigenvalue weighted by Crippen LogP contribution is -2.27. The second-order valence-electron chi connectivity index (χ2n) is 21.9. The van der Waals surface area contributed by atoms with Crippen LogP contribution in [0.2, 0.25) is 0 Å². The van der Waals surface area contributed by atoms with Gasteiger partial charge in [-0.25, -0.2) is 19.2 Å². The van der Waals surface area contributed by atoms with E-state index in [9.17, 15) is 38.7 Å². The van der Waals surface area contributed by atoms with E-state index in [1.165, 1.54) is 26.0 Å². The van der Waals surface area contributed by atoms with Crippen molar-refractivity contribution in [1.82, 2.24) is 10.6 Å². The van der Waals surface area contributed by atoms with Crippen molar-refractivity contribution in [3.63, 3.8) is 0 Å². The first-order chi connectivity index (χ1) is 42.1. The van der Waals surface area contributed by atoms with Crippen LogP contribution in [0, 0.1) is 17.8 Å². The molecule has 8 rings (SSSR count). The molecule has 3 aliphatic carbocycles. The molecular weight excluding hydrogens is 1140 g/mol. The number of hydrogen-bond acceptors (Lipinski definition) is 19. The lowest BCUT2D eigenvalue weighted by atomic mass is 9.89. The third-order valence-corrected chi connectivity index (χ3v) is 13.8. The number of epoxide rings is 3. The van der Waals surface area contributed by atoms with Gasteiger partial charge in [-0.15, -0.1) is 0 Å². The van der Waals surface area contributed by atoms with Crippen LogP contribution in [-0.2, 0) is 87.5 Å². The van der Waals surface area contributed by atoms with Crippen LogP contribution in [0.1, 0.15) is 111 Å². The van der Waals surface area contributed by atoms with Gasteiger partial charge in [-0.1, -0.05) is 101 Å². The summed E-state index contributed by atoms with van der Waals surface area (Å²) in [6.45, 7) is 31.7. The van der Waals surface area contributed by atoms with Gasteiger partial charge >= 0.3 is 29.8 Å². The predicted molar refractivity (Wildman–Crippen MR) is 329 cm³/mol. The molecule has 2 aromatic rings. The van der Waals surface area contributed by atoms with Gasteiger partial charge in [0.05, 0.1) is 62.4 Å². The normalized spacial score (nSPS) is 21.5. The van der Waals surface area contributed by atoms with Crippen LogP contribution in [0.15, 0.2) is 135 Å². The van der Waals surface area contributed by atoms with Crippen molar-refractivity contribution >= 4 is 41.7 Å². The van der Waals surface area contributed by atoms with E-state index in [2.05, 4.69) is 66.5 Å². The zero-order chi connectivity index (χ0) is 64.8. The van der Waals surface area contributed by atoms with Gasteiger partial charge in [-0.2, -0.15) is 0 Å². The second kappa shape index (κ2) is 42.6. The van der Waals surface area contributed by atoms with Gasteiger partial charge in [-0.3, -0.25) is 14.4 Å². The maximum Gasteiger partial charge on any atom is 0.333 e. The number of benzene rings is 2. The Labute approximate surface area is 519 Å². The summed E-state index contributed by atoms with van der Waals surface area (Å²) in [4.78, 5) is 77.2. The van der Waals surface area contributed by atoms with Crippen molar-refractivity contribution in [2.75, 3.05) is 59.7 Å². The Bertz CT molecular complexity index is 2530. The van der Waals surface area contributed by atoms with E-state index < -0.39 is 18.0 Å². The number of fused-ring (bicyclic) bond motifs is 3. The molecule has 3 N–H and O–H groups in total. The van der Waals surface area contributed by atoms with Gasteiger partial charge < -0.3 is 67.8 Å². The highest BCUT2D eigenvalue weighted by molar-refractivity contribution is 5.88. The molecular formula is C67H94N2O19. The minimum Gasteiger partial charge on any atom is -0.490 e. The molecule has 0 radical (unpaired) electrons. The fraction of sp³-hybridized carbons (Fsp3) is 0.537. The summed E-state index contributed by atoms with van der Waals surface area (Å²) in [5.41, 5.74) is 2.44. The Morgan fingerprint density at radius 1 is 0.545 bits per heavy atom. The van der Waals surface area contributed by atoms with Crippen LogP contribution in [0.4, 0.5) is 0 Å². The zero-order valence-corrected chi connectivity index (χ0v) is 52.1.